The number of nitrogens with zero attached hydrogens (tertiary/aromatic N) is 3. The molecule has 0 saturated carbocycles. The van der Waals surface area contributed by atoms with E-state index in [-0.39, 0.29) is 28.9 Å². The van der Waals surface area contributed by atoms with Gasteiger partial charge >= 0.3 is 6.18 Å². The van der Waals surface area contributed by atoms with Gasteiger partial charge in [-0.05, 0) is 36.6 Å². The molecule has 25 heavy (non-hydrogen) atoms. The van der Waals surface area contributed by atoms with Gasteiger partial charge in [0.25, 0.3) is 0 Å². The van der Waals surface area contributed by atoms with Crippen LogP contribution in [0.3, 0.4) is 0 Å². The SMILES string of the molecule is CCCCC1(C(F)(F)F)c2ccccc2N(C#N)c2cnc(C)cc21. The second-order valence-electron chi connectivity index (χ2n) is 6.30. The van der Waals surface area contributed by atoms with Crippen molar-refractivity contribution in [2.24, 2.45) is 0 Å². The number of unbranched alkanes of at least 4 members (excludes halogenated alkanes) is 1. The van der Waals surface area contributed by atoms with Crippen LogP contribution in [0.2, 0.25) is 0 Å². The maximum absolute atomic E-state index is 14.5. The molecule has 0 N–H and O–H groups in total. The Hall–Kier alpha value is -2.55. The van der Waals surface area contributed by atoms with Crippen LogP contribution in [0.1, 0.15) is 43.0 Å². The van der Waals surface area contributed by atoms with Crippen molar-refractivity contribution in [3.05, 3.63) is 53.3 Å². The van der Waals surface area contributed by atoms with E-state index in [1.54, 1.807) is 25.1 Å². The van der Waals surface area contributed by atoms with Gasteiger partial charge in [0.15, 0.2) is 6.19 Å². The molecule has 1 atom stereocenters. The average Bonchev–Trinajstić information content (AvgIpc) is 2.57. The quantitative estimate of drug-likeness (QED) is 0.703. The number of aromatic nitrogens is 1. The van der Waals surface area contributed by atoms with Crippen LogP contribution in [0.4, 0.5) is 24.5 Å². The summed E-state index contributed by atoms with van der Waals surface area (Å²) in [6, 6.07) is 7.77. The van der Waals surface area contributed by atoms with Crippen LogP contribution in [0.5, 0.6) is 0 Å². The highest BCUT2D eigenvalue weighted by Gasteiger charge is 2.60. The molecule has 2 aromatic rings. The van der Waals surface area contributed by atoms with Crippen molar-refractivity contribution in [1.82, 2.24) is 4.98 Å². The minimum Gasteiger partial charge on any atom is -0.259 e. The van der Waals surface area contributed by atoms with Crippen molar-refractivity contribution < 1.29 is 13.2 Å². The maximum atomic E-state index is 14.5. The van der Waals surface area contributed by atoms with Gasteiger partial charge in [-0.3, -0.25) is 4.98 Å². The molecule has 0 spiro atoms. The summed E-state index contributed by atoms with van der Waals surface area (Å²) in [7, 11) is 0. The standard InChI is InChI=1S/C19H18F3N3/c1-3-4-9-18(19(20,21)22)14-7-5-6-8-16(14)25(12-23)17-11-24-13(2)10-15(17)18/h5-8,10-11H,3-4,9H2,1-2H3. The minimum absolute atomic E-state index is 0.0558. The van der Waals surface area contributed by atoms with Crippen molar-refractivity contribution in [3.8, 4) is 6.19 Å². The molecule has 0 amide bonds. The highest BCUT2D eigenvalue weighted by atomic mass is 19.4. The average molecular weight is 345 g/mol. The van der Waals surface area contributed by atoms with Crippen LogP contribution in [0.15, 0.2) is 36.5 Å². The molecule has 1 aliphatic rings. The summed E-state index contributed by atoms with van der Waals surface area (Å²) in [5, 5.41) is 9.57. The predicted octanol–water partition coefficient (Wildman–Crippen LogP) is 5.36. The molecule has 3 nitrogen and oxygen atoms in total. The van der Waals surface area contributed by atoms with Crippen LogP contribution in [-0.2, 0) is 5.41 Å². The van der Waals surface area contributed by atoms with E-state index in [2.05, 4.69) is 4.98 Å². The van der Waals surface area contributed by atoms with Gasteiger partial charge in [-0.2, -0.15) is 18.4 Å². The van der Waals surface area contributed by atoms with Gasteiger partial charge in [-0.25, -0.2) is 4.90 Å². The van der Waals surface area contributed by atoms with E-state index in [1.807, 2.05) is 13.1 Å². The zero-order valence-electron chi connectivity index (χ0n) is 14.1. The monoisotopic (exact) mass is 345 g/mol. The van der Waals surface area contributed by atoms with Crippen molar-refractivity contribution >= 4 is 11.4 Å². The molecule has 0 radical (unpaired) electrons. The highest BCUT2D eigenvalue weighted by Crippen LogP contribution is 2.58. The van der Waals surface area contributed by atoms with Crippen LogP contribution in [0.25, 0.3) is 0 Å². The molecule has 1 unspecified atom stereocenters. The number of fused-ring (bicyclic) bond motifs is 2. The normalized spacial score (nSPS) is 19.1. The fourth-order valence-electron chi connectivity index (χ4n) is 3.64. The topological polar surface area (TPSA) is 39.9 Å². The molecule has 6 heteroatoms. The summed E-state index contributed by atoms with van der Waals surface area (Å²) in [5.41, 5.74) is -0.898. The molecule has 2 heterocycles. The molecule has 3 rings (SSSR count). The largest absolute Gasteiger partial charge is 0.402 e. The van der Waals surface area contributed by atoms with Gasteiger partial charge in [-0.15, -0.1) is 0 Å². The lowest BCUT2D eigenvalue weighted by Crippen LogP contribution is -2.47. The molecule has 0 saturated heterocycles. The number of halogens is 3. The molecule has 130 valence electrons. The van der Waals surface area contributed by atoms with Gasteiger partial charge in [0.1, 0.15) is 5.41 Å². The van der Waals surface area contributed by atoms with Gasteiger partial charge in [-0.1, -0.05) is 38.0 Å². The summed E-state index contributed by atoms with van der Waals surface area (Å²) < 4.78 is 43.6. The number of alkyl halides is 3. The molecule has 1 aromatic heterocycles. The lowest BCUT2D eigenvalue weighted by atomic mass is 9.67. The van der Waals surface area contributed by atoms with E-state index in [1.165, 1.54) is 23.2 Å². The van der Waals surface area contributed by atoms with Crippen molar-refractivity contribution in [2.45, 2.75) is 44.7 Å². The van der Waals surface area contributed by atoms with Crippen LogP contribution < -0.4 is 4.90 Å². The Morgan fingerprint density at radius 2 is 1.92 bits per heavy atom. The van der Waals surface area contributed by atoms with Gasteiger partial charge in [0.2, 0.25) is 0 Å². The lowest BCUT2D eigenvalue weighted by Gasteiger charge is -2.44. The zero-order valence-corrected chi connectivity index (χ0v) is 14.1. The van der Waals surface area contributed by atoms with E-state index < -0.39 is 11.6 Å². The first-order valence-electron chi connectivity index (χ1n) is 8.20. The number of hydrogen-bond acceptors (Lipinski definition) is 3. The fourth-order valence-corrected chi connectivity index (χ4v) is 3.64. The third-order valence-electron chi connectivity index (χ3n) is 4.81. The lowest BCUT2D eigenvalue weighted by molar-refractivity contribution is -0.180. The molecule has 1 aliphatic heterocycles. The Morgan fingerprint density at radius 3 is 2.56 bits per heavy atom. The third kappa shape index (κ3) is 2.46. The number of rotatable bonds is 3. The smallest absolute Gasteiger partial charge is 0.259 e. The highest BCUT2D eigenvalue weighted by molar-refractivity contribution is 5.80. The van der Waals surface area contributed by atoms with Gasteiger partial charge < -0.3 is 0 Å². The van der Waals surface area contributed by atoms with Crippen molar-refractivity contribution in [3.63, 3.8) is 0 Å². The van der Waals surface area contributed by atoms with E-state index in [9.17, 15) is 18.4 Å². The second kappa shape index (κ2) is 6.07. The Bertz CT molecular complexity index is 839. The number of hydrogen-bond donors (Lipinski definition) is 0. The summed E-state index contributed by atoms with van der Waals surface area (Å²) in [6.07, 6.45) is -0.0753. The number of nitriles is 1. The number of pyridine rings is 1. The van der Waals surface area contributed by atoms with E-state index in [0.717, 1.165) is 0 Å². The van der Waals surface area contributed by atoms with Crippen molar-refractivity contribution in [1.29, 1.82) is 5.26 Å². The summed E-state index contributed by atoms with van der Waals surface area (Å²) in [4.78, 5) is 5.37. The maximum Gasteiger partial charge on any atom is 0.402 e. The Morgan fingerprint density at radius 1 is 1.20 bits per heavy atom. The Kier molecular flexibility index (Phi) is 4.19. The number of anilines is 2. The zero-order chi connectivity index (χ0) is 18.2. The molecule has 1 aromatic carbocycles. The Balaban J connectivity index is 2.42. The fraction of sp³-hybridized carbons (Fsp3) is 0.368. The van der Waals surface area contributed by atoms with Crippen LogP contribution in [0, 0.1) is 18.4 Å². The van der Waals surface area contributed by atoms with Crippen molar-refractivity contribution in [2.75, 3.05) is 4.90 Å². The Labute approximate surface area is 144 Å². The van der Waals surface area contributed by atoms with E-state index in [0.29, 0.717) is 18.5 Å². The number of benzene rings is 1. The first-order chi connectivity index (χ1) is 11.9. The van der Waals surface area contributed by atoms with E-state index in [4.69, 9.17) is 0 Å². The predicted molar refractivity (Wildman–Crippen MR) is 89.5 cm³/mol. The molecule has 0 aliphatic carbocycles. The number of aryl methyl sites for hydroxylation is 1. The van der Waals surface area contributed by atoms with Gasteiger partial charge in [0, 0.05) is 5.69 Å². The van der Waals surface area contributed by atoms with E-state index >= 15 is 0 Å². The minimum atomic E-state index is -4.48. The summed E-state index contributed by atoms with van der Waals surface area (Å²) >= 11 is 0. The first-order valence-corrected chi connectivity index (χ1v) is 8.20. The molecular weight excluding hydrogens is 327 g/mol. The second-order valence-corrected chi connectivity index (χ2v) is 6.30. The summed E-state index contributed by atoms with van der Waals surface area (Å²) in [6.45, 7) is 3.54. The summed E-state index contributed by atoms with van der Waals surface area (Å²) in [5.74, 6) is 0. The van der Waals surface area contributed by atoms with Gasteiger partial charge in [0.05, 0.1) is 17.6 Å². The van der Waals surface area contributed by atoms with Crippen LogP contribution in [-0.4, -0.2) is 11.2 Å². The third-order valence-corrected chi connectivity index (χ3v) is 4.81. The molecule has 0 bridgehead atoms. The van der Waals surface area contributed by atoms with Crippen LogP contribution >= 0.6 is 0 Å². The molecular formula is C19H18F3N3. The molecule has 0 fully saturated rings. The first kappa shape index (κ1) is 17.3. The number of para-hydroxylation sites is 1.